The zero-order chi connectivity index (χ0) is 14.5. The lowest BCUT2D eigenvalue weighted by Crippen LogP contribution is -2.48. The summed E-state index contributed by atoms with van der Waals surface area (Å²) in [5, 5.41) is 12.2. The number of amides is 1. The Bertz CT molecular complexity index is 323. The highest BCUT2D eigenvalue weighted by Gasteiger charge is 2.43. The zero-order valence-electron chi connectivity index (χ0n) is 12.2. The molecule has 0 spiro atoms. The number of carbonyl (C=O) groups is 2. The van der Waals surface area contributed by atoms with Crippen LogP contribution in [0, 0.1) is 11.3 Å². The van der Waals surface area contributed by atoms with E-state index in [1.165, 1.54) is 4.90 Å². The molecule has 1 heterocycles. The normalized spacial score (nSPS) is 22.7. The molecule has 5 heteroatoms. The van der Waals surface area contributed by atoms with E-state index in [4.69, 9.17) is 5.11 Å². The molecule has 0 bridgehead atoms. The highest BCUT2D eigenvalue weighted by atomic mass is 16.4. The maximum Gasteiger partial charge on any atom is 0.323 e. The van der Waals surface area contributed by atoms with Crippen molar-refractivity contribution in [3.8, 4) is 0 Å². The van der Waals surface area contributed by atoms with Crippen LogP contribution in [0.2, 0.25) is 0 Å². The van der Waals surface area contributed by atoms with Gasteiger partial charge in [-0.25, -0.2) is 0 Å². The highest BCUT2D eigenvalue weighted by molar-refractivity contribution is 5.86. The van der Waals surface area contributed by atoms with Gasteiger partial charge in [-0.05, 0) is 25.3 Å². The Morgan fingerprint density at radius 1 is 1.42 bits per heavy atom. The monoisotopic (exact) mass is 270 g/mol. The number of nitrogens with one attached hydrogen (secondary N) is 1. The van der Waals surface area contributed by atoms with Crippen molar-refractivity contribution in [3.63, 3.8) is 0 Å². The van der Waals surface area contributed by atoms with Gasteiger partial charge in [-0.2, -0.15) is 0 Å². The largest absolute Gasteiger partial charge is 0.480 e. The zero-order valence-corrected chi connectivity index (χ0v) is 12.2. The van der Waals surface area contributed by atoms with E-state index in [1.54, 1.807) is 0 Å². The summed E-state index contributed by atoms with van der Waals surface area (Å²) in [4.78, 5) is 25.2. The number of rotatable bonds is 7. The fourth-order valence-electron chi connectivity index (χ4n) is 2.88. The van der Waals surface area contributed by atoms with Gasteiger partial charge in [0, 0.05) is 13.1 Å². The molecule has 110 valence electrons. The first-order valence-corrected chi connectivity index (χ1v) is 7.13. The molecule has 0 saturated carbocycles. The number of carboxylic acids is 1. The average molecular weight is 270 g/mol. The van der Waals surface area contributed by atoms with Gasteiger partial charge in [0.1, 0.15) is 6.54 Å². The van der Waals surface area contributed by atoms with E-state index < -0.39 is 5.97 Å². The lowest BCUT2D eigenvalue weighted by atomic mass is 9.81. The van der Waals surface area contributed by atoms with Crippen LogP contribution in [0.3, 0.4) is 0 Å². The van der Waals surface area contributed by atoms with Crippen LogP contribution in [0.15, 0.2) is 0 Å². The van der Waals surface area contributed by atoms with Gasteiger partial charge in [0.15, 0.2) is 0 Å². The molecule has 1 aliphatic heterocycles. The summed E-state index contributed by atoms with van der Waals surface area (Å²) in [5.74, 6) is -0.654. The van der Waals surface area contributed by atoms with Crippen molar-refractivity contribution in [1.29, 1.82) is 0 Å². The predicted molar refractivity (Wildman–Crippen MR) is 73.9 cm³/mol. The topological polar surface area (TPSA) is 69.6 Å². The van der Waals surface area contributed by atoms with E-state index in [1.807, 2.05) is 13.8 Å². The SMILES string of the molecule is CCCC1(C(=O)N(CC(=O)O)CC(C)C)CCNC1. The average Bonchev–Trinajstić information content (AvgIpc) is 2.76. The van der Waals surface area contributed by atoms with Crippen molar-refractivity contribution in [2.24, 2.45) is 11.3 Å². The van der Waals surface area contributed by atoms with Crippen LogP contribution in [-0.2, 0) is 9.59 Å². The Morgan fingerprint density at radius 2 is 2.11 bits per heavy atom. The van der Waals surface area contributed by atoms with E-state index in [-0.39, 0.29) is 23.8 Å². The summed E-state index contributed by atoms with van der Waals surface area (Å²) in [7, 11) is 0. The Balaban J connectivity index is 2.85. The van der Waals surface area contributed by atoms with Crippen molar-refractivity contribution >= 4 is 11.9 Å². The van der Waals surface area contributed by atoms with Crippen molar-refractivity contribution < 1.29 is 14.7 Å². The summed E-state index contributed by atoms with van der Waals surface area (Å²) in [6.45, 7) is 7.90. The number of carbonyl (C=O) groups excluding carboxylic acids is 1. The van der Waals surface area contributed by atoms with Gasteiger partial charge in [-0.1, -0.05) is 27.2 Å². The second-order valence-corrected chi connectivity index (χ2v) is 5.93. The van der Waals surface area contributed by atoms with Crippen molar-refractivity contribution in [3.05, 3.63) is 0 Å². The molecule has 0 aromatic rings. The molecular weight excluding hydrogens is 244 g/mol. The molecule has 1 saturated heterocycles. The van der Waals surface area contributed by atoms with Gasteiger partial charge in [-0.3, -0.25) is 9.59 Å². The van der Waals surface area contributed by atoms with Crippen LogP contribution in [0.5, 0.6) is 0 Å². The number of hydrogen-bond donors (Lipinski definition) is 2. The number of aliphatic carboxylic acids is 1. The molecule has 1 amide bonds. The molecular formula is C14H26N2O3. The molecule has 0 aromatic heterocycles. The van der Waals surface area contributed by atoms with Gasteiger partial charge in [0.05, 0.1) is 5.41 Å². The molecule has 0 radical (unpaired) electrons. The quantitative estimate of drug-likeness (QED) is 0.732. The van der Waals surface area contributed by atoms with Crippen LogP contribution in [0.1, 0.15) is 40.0 Å². The van der Waals surface area contributed by atoms with Gasteiger partial charge < -0.3 is 15.3 Å². The summed E-state index contributed by atoms with van der Waals surface area (Å²) in [5.41, 5.74) is -0.390. The number of carboxylic acid groups (broad SMARTS) is 1. The Morgan fingerprint density at radius 3 is 2.53 bits per heavy atom. The molecule has 1 aliphatic rings. The van der Waals surface area contributed by atoms with Crippen molar-refractivity contribution in [1.82, 2.24) is 10.2 Å². The van der Waals surface area contributed by atoms with Crippen molar-refractivity contribution in [2.75, 3.05) is 26.2 Å². The minimum absolute atomic E-state index is 0.00968. The standard InChI is InChI=1S/C14H26N2O3/c1-4-5-14(6-7-15-10-14)13(19)16(8-11(2)3)9-12(17)18/h11,15H,4-10H2,1-3H3,(H,17,18). The Labute approximate surface area is 115 Å². The lowest BCUT2D eigenvalue weighted by molar-refractivity contribution is -0.150. The predicted octanol–water partition coefficient (Wildman–Crippen LogP) is 1.34. The minimum atomic E-state index is -0.938. The molecule has 1 rings (SSSR count). The van der Waals surface area contributed by atoms with Gasteiger partial charge >= 0.3 is 5.97 Å². The van der Waals surface area contributed by atoms with Crippen molar-refractivity contribution in [2.45, 2.75) is 40.0 Å². The van der Waals surface area contributed by atoms with Crippen LogP contribution in [0.25, 0.3) is 0 Å². The molecule has 2 N–H and O–H groups in total. The summed E-state index contributed by atoms with van der Waals surface area (Å²) < 4.78 is 0. The van der Waals surface area contributed by atoms with Crippen LogP contribution < -0.4 is 5.32 Å². The third kappa shape index (κ3) is 4.20. The minimum Gasteiger partial charge on any atom is -0.480 e. The molecule has 0 aliphatic carbocycles. The summed E-state index contributed by atoms with van der Waals surface area (Å²) >= 11 is 0. The van der Waals surface area contributed by atoms with Crippen LogP contribution in [-0.4, -0.2) is 48.1 Å². The molecule has 1 unspecified atom stereocenters. The Hall–Kier alpha value is -1.10. The molecule has 5 nitrogen and oxygen atoms in total. The first-order valence-electron chi connectivity index (χ1n) is 7.13. The lowest BCUT2D eigenvalue weighted by Gasteiger charge is -2.34. The van der Waals surface area contributed by atoms with Crippen LogP contribution >= 0.6 is 0 Å². The molecule has 1 fully saturated rings. The fourth-order valence-corrected chi connectivity index (χ4v) is 2.88. The van der Waals surface area contributed by atoms with E-state index in [9.17, 15) is 9.59 Å². The second kappa shape index (κ2) is 6.89. The van der Waals surface area contributed by atoms with Gasteiger partial charge in [0.25, 0.3) is 0 Å². The summed E-state index contributed by atoms with van der Waals surface area (Å²) in [6, 6.07) is 0. The van der Waals surface area contributed by atoms with E-state index in [2.05, 4.69) is 12.2 Å². The first-order chi connectivity index (χ1) is 8.91. The van der Waals surface area contributed by atoms with E-state index in [0.29, 0.717) is 13.1 Å². The maximum absolute atomic E-state index is 12.8. The third-order valence-corrected chi connectivity index (χ3v) is 3.62. The number of nitrogens with zero attached hydrogens (tertiary/aromatic N) is 1. The van der Waals surface area contributed by atoms with E-state index in [0.717, 1.165) is 25.8 Å². The van der Waals surface area contributed by atoms with Gasteiger partial charge in [0.2, 0.25) is 5.91 Å². The summed E-state index contributed by atoms with van der Waals surface area (Å²) in [6.07, 6.45) is 2.58. The van der Waals surface area contributed by atoms with Gasteiger partial charge in [-0.15, -0.1) is 0 Å². The van der Waals surface area contributed by atoms with Crippen LogP contribution in [0.4, 0.5) is 0 Å². The maximum atomic E-state index is 12.8. The molecule has 1 atom stereocenters. The smallest absolute Gasteiger partial charge is 0.323 e. The highest BCUT2D eigenvalue weighted by Crippen LogP contribution is 2.33. The third-order valence-electron chi connectivity index (χ3n) is 3.62. The molecule has 0 aromatic carbocycles. The Kier molecular flexibility index (Phi) is 5.79. The fraction of sp³-hybridized carbons (Fsp3) is 0.857. The number of hydrogen-bond acceptors (Lipinski definition) is 3. The molecule has 19 heavy (non-hydrogen) atoms. The van der Waals surface area contributed by atoms with E-state index >= 15 is 0 Å². The first kappa shape index (κ1) is 16.0. The second-order valence-electron chi connectivity index (χ2n) is 5.93.